The fourth-order valence-electron chi connectivity index (χ4n) is 5.94. The molecule has 1 aromatic heterocycles. The van der Waals surface area contributed by atoms with Crippen LogP contribution in [-0.2, 0) is 5.41 Å². The number of aromatic nitrogens is 2. The van der Waals surface area contributed by atoms with E-state index >= 15 is 0 Å². The summed E-state index contributed by atoms with van der Waals surface area (Å²) < 4.78 is 1.91. The summed E-state index contributed by atoms with van der Waals surface area (Å²) in [5, 5.41) is 3.05. The topological polar surface area (TPSA) is 37.8 Å². The maximum absolute atomic E-state index is 12.7. The van der Waals surface area contributed by atoms with Crippen molar-refractivity contribution in [2.45, 2.75) is 43.9 Å². The first kappa shape index (κ1) is 12.7. The van der Waals surface area contributed by atoms with Crippen LogP contribution in [0.5, 0.6) is 0 Å². The van der Waals surface area contributed by atoms with E-state index in [4.69, 9.17) is 0 Å². The van der Waals surface area contributed by atoms with Crippen LogP contribution in [0.2, 0.25) is 0 Å². The minimum absolute atomic E-state index is 0.130. The number of H-pyrrole nitrogens is 1. The van der Waals surface area contributed by atoms with E-state index in [1.54, 1.807) is 0 Å². The summed E-state index contributed by atoms with van der Waals surface area (Å²) in [6.07, 6.45) is 10.0. The molecule has 0 radical (unpaired) electrons. The van der Waals surface area contributed by atoms with E-state index in [2.05, 4.69) is 11.3 Å². The summed E-state index contributed by atoms with van der Waals surface area (Å²) in [5.41, 5.74) is 2.39. The van der Waals surface area contributed by atoms with E-state index < -0.39 is 0 Å². The van der Waals surface area contributed by atoms with Gasteiger partial charge in [-0.25, -0.2) is 0 Å². The van der Waals surface area contributed by atoms with Crippen LogP contribution in [0.15, 0.2) is 41.3 Å². The molecule has 1 aromatic carbocycles. The first-order valence-electron chi connectivity index (χ1n) is 8.59. The Kier molecular flexibility index (Phi) is 2.53. The van der Waals surface area contributed by atoms with Crippen molar-refractivity contribution in [3.8, 4) is 5.69 Å². The Balaban J connectivity index is 1.59. The fraction of sp³-hybridized carbons (Fsp3) is 0.526. The van der Waals surface area contributed by atoms with Gasteiger partial charge in [0.25, 0.3) is 5.56 Å². The largest absolute Gasteiger partial charge is 0.268 e. The molecule has 2 aromatic rings. The highest BCUT2D eigenvalue weighted by Crippen LogP contribution is 2.60. The molecule has 0 unspecified atom stereocenters. The maximum atomic E-state index is 12.7. The summed E-state index contributed by atoms with van der Waals surface area (Å²) in [5.74, 6) is 2.60. The molecule has 4 fully saturated rings. The highest BCUT2D eigenvalue weighted by Gasteiger charge is 2.52. The number of hydrogen-bond acceptors (Lipinski definition) is 1. The van der Waals surface area contributed by atoms with Gasteiger partial charge < -0.3 is 0 Å². The Morgan fingerprint density at radius 3 is 2.14 bits per heavy atom. The third-order valence-corrected chi connectivity index (χ3v) is 6.37. The van der Waals surface area contributed by atoms with Gasteiger partial charge in [0.05, 0.1) is 5.69 Å². The lowest BCUT2D eigenvalue weighted by atomic mass is 9.48. The second kappa shape index (κ2) is 4.37. The highest BCUT2D eigenvalue weighted by molar-refractivity contribution is 5.33. The molecule has 4 bridgehead atoms. The van der Waals surface area contributed by atoms with Gasteiger partial charge >= 0.3 is 0 Å². The van der Waals surface area contributed by atoms with Gasteiger partial charge in [-0.2, -0.15) is 0 Å². The van der Waals surface area contributed by atoms with Gasteiger partial charge in [-0.1, -0.05) is 18.2 Å². The molecule has 114 valence electrons. The molecule has 22 heavy (non-hydrogen) atoms. The standard InChI is InChI=1S/C19H22N2O/c22-18-17(12-21(20-18)16-4-2-1-3-5-16)19-9-13-6-14(10-19)8-15(7-13)11-19/h1-5,12-15H,6-11H2,(H,20,22). The normalized spacial score (nSPS) is 35.9. The predicted octanol–water partition coefficient (Wildman–Crippen LogP) is 3.63. The number of nitrogens with zero attached hydrogens (tertiary/aromatic N) is 1. The van der Waals surface area contributed by atoms with Crippen molar-refractivity contribution in [3.05, 3.63) is 52.4 Å². The van der Waals surface area contributed by atoms with Crippen molar-refractivity contribution in [3.63, 3.8) is 0 Å². The highest BCUT2D eigenvalue weighted by atomic mass is 16.1. The zero-order valence-corrected chi connectivity index (χ0v) is 12.8. The molecule has 3 heteroatoms. The number of para-hydroxylation sites is 1. The molecular weight excluding hydrogens is 272 g/mol. The zero-order valence-electron chi connectivity index (χ0n) is 12.8. The van der Waals surface area contributed by atoms with Crippen LogP contribution in [0.1, 0.15) is 44.1 Å². The molecule has 0 aliphatic heterocycles. The van der Waals surface area contributed by atoms with Gasteiger partial charge in [0.2, 0.25) is 0 Å². The molecule has 1 heterocycles. The van der Waals surface area contributed by atoms with E-state index in [-0.39, 0.29) is 11.0 Å². The molecule has 4 saturated carbocycles. The molecule has 0 atom stereocenters. The van der Waals surface area contributed by atoms with Crippen LogP contribution in [-0.4, -0.2) is 9.78 Å². The van der Waals surface area contributed by atoms with Crippen molar-refractivity contribution in [2.75, 3.05) is 0 Å². The van der Waals surface area contributed by atoms with Crippen LogP contribution in [0.3, 0.4) is 0 Å². The van der Waals surface area contributed by atoms with Crippen LogP contribution >= 0.6 is 0 Å². The van der Waals surface area contributed by atoms with Gasteiger partial charge in [0.1, 0.15) is 0 Å². The molecule has 4 aliphatic rings. The Morgan fingerprint density at radius 2 is 1.55 bits per heavy atom. The lowest BCUT2D eigenvalue weighted by molar-refractivity contribution is -0.00564. The minimum atomic E-state index is 0.130. The van der Waals surface area contributed by atoms with E-state index in [9.17, 15) is 4.79 Å². The monoisotopic (exact) mass is 294 g/mol. The average Bonchev–Trinajstić information content (AvgIpc) is 2.90. The summed E-state index contributed by atoms with van der Waals surface area (Å²) in [4.78, 5) is 12.7. The van der Waals surface area contributed by atoms with Crippen molar-refractivity contribution in [2.24, 2.45) is 17.8 Å². The number of hydrogen-bond donors (Lipinski definition) is 1. The Labute approximate surface area is 130 Å². The smallest absolute Gasteiger partial charge is 0.268 e. The van der Waals surface area contributed by atoms with E-state index in [0.29, 0.717) is 0 Å². The molecule has 1 N–H and O–H groups in total. The lowest BCUT2D eigenvalue weighted by Crippen LogP contribution is -2.49. The third-order valence-electron chi connectivity index (χ3n) is 6.37. The molecule has 3 nitrogen and oxygen atoms in total. The SMILES string of the molecule is O=c1[nH]n(-c2ccccc2)cc1C12CC3CC(CC(C3)C1)C2. The first-order valence-corrected chi connectivity index (χ1v) is 8.59. The Morgan fingerprint density at radius 1 is 0.955 bits per heavy atom. The number of nitrogens with one attached hydrogen (secondary N) is 1. The van der Waals surface area contributed by atoms with Crippen molar-refractivity contribution < 1.29 is 0 Å². The second-order valence-corrected chi connectivity index (χ2v) is 7.89. The molecule has 0 spiro atoms. The summed E-state index contributed by atoms with van der Waals surface area (Å²) >= 11 is 0. The first-order chi connectivity index (χ1) is 10.7. The van der Waals surface area contributed by atoms with Gasteiger partial charge in [-0.05, 0) is 68.4 Å². The number of aromatic amines is 1. The van der Waals surface area contributed by atoms with Crippen LogP contribution < -0.4 is 5.56 Å². The maximum Gasteiger partial charge on any atom is 0.268 e. The van der Waals surface area contributed by atoms with E-state index in [1.165, 1.54) is 38.5 Å². The molecule has 4 aliphatic carbocycles. The van der Waals surface area contributed by atoms with Gasteiger partial charge in [0.15, 0.2) is 0 Å². The fourth-order valence-corrected chi connectivity index (χ4v) is 5.94. The molecule has 6 rings (SSSR count). The van der Waals surface area contributed by atoms with Crippen LogP contribution in [0, 0.1) is 17.8 Å². The lowest BCUT2D eigenvalue weighted by Gasteiger charge is -2.56. The van der Waals surface area contributed by atoms with Crippen molar-refractivity contribution >= 4 is 0 Å². The molecule has 0 saturated heterocycles. The Bertz CT molecular complexity index is 720. The summed E-state index contributed by atoms with van der Waals surface area (Å²) in [6.45, 7) is 0. The number of benzene rings is 1. The molecular formula is C19H22N2O. The quantitative estimate of drug-likeness (QED) is 0.902. The zero-order chi connectivity index (χ0) is 14.7. The average molecular weight is 294 g/mol. The van der Waals surface area contributed by atoms with Gasteiger partial charge in [0, 0.05) is 17.2 Å². The Hall–Kier alpha value is -1.77. The van der Waals surface area contributed by atoms with Crippen LogP contribution in [0.4, 0.5) is 0 Å². The third kappa shape index (κ3) is 1.77. The second-order valence-electron chi connectivity index (χ2n) is 7.89. The minimum Gasteiger partial charge on any atom is -0.268 e. The summed E-state index contributed by atoms with van der Waals surface area (Å²) in [7, 11) is 0. The van der Waals surface area contributed by atoms with E-state index in [1.807, 2.05) is 35.0 Å². The molecule has 0 amide bonds. The van der Waals surface area contributed by atoms with E-state index in [0.717, 1.165) is 29.0 Å². The van der Waals surface area contributed by atoms with Crippen LogP contribution in [0.25, 0.3) is 5.69 Å². The summed E-state index contributed by atoms with van der Waals surface area (Å²) in [6, 6.07) is 10.1. The van der Waals surface area contributed by atoms with Gasteiger partial charge in [-0.3, -0.25) is 14.6 Å². The van der Waals surface area contributed by atoms with Crippen molar-refractivity contribution in [1.29, 1.82) is 0 Å². The van der Waals surface area contributed by atoms with Crippen molar-refractivity contribution in [1.82, 2.24) is 9.78 Å². The predicted molar refractivity (Wildman–Crippen MR) is 86.2 cm³/mol. The van der Waals surface area contributed by atoms with Gasteiger partial charge in [-0.15, -0.1) is 0 Å². The number of rotatable bonds is 2.